The van der Waals surface area contributed by atoms with Gasteiger partial charge in [-0.05, 0) is 43.1 Å². The minimum Gasteiger partial charge on any atom is -0.383 e. The Bertz CT molecular complexity index is 1200. The topological polar surface area (TPSA) is 142 Å². The van der Waals surface area contributed by atoms with Crippen LogP contribution in [0.5, 0.6) is 0 Å². The van der Waals surface area contributed by atoms with Crippen LogP contribution in [0.25, 0.3) is 11.3 Å². The number of carbonyl (C=O) groups excluding carboxylic acids is 2. The van der Waals surface area contributed by atoms with Gasteiger partial charge >= 0.3 is 0 Å². The monoisotopic (exact) mass is 464 g/mol. The molecule has 0 aliphatic heterocycles. The summed E-state index contributed by atoms with van der Waals surface area (Å²) < 4.78 is 6.95. The van der Waals surface area contributed by atoms with Crippen molar-refractivity contribution in [2.24, 2.45) is 17.1 Å². The number of anilines is 2. The van der Waals surface area contributed by atoms with Crippen LogP contribution in [0, 0.1) is 11.3 Å². The largest absolute Gasteiger partial charge is 0.383 e. The van der Waals surface area contributed by atoms with Crippen molar-refractivity contribution in [3.63, 3.8) is 0 Å². The summed E-state index contributed by atoms with van der Waals surface area (Å²) in [5.41, 5.74) is 14.9. The first-order valence-electron chi connectivity index (χ1n) is 11.5. The van der Waals surface area contributed by atoms with Crippen molar-refractivity contribution in [2.75, 3.05) is 11.1 Å². The number of hydrogen-bond donors (Lipinski definition) is 3. The smallest absolute Gasteiger partial charge is 0.254 e. The van der Waals surface area contributed by atoms with Crippen molar-refractivity contribution in [1.82, 2.24) is 14.9 Å². The van der Waals surface area contributed by atoms with Gasteiger partial charge in [-0.25, -0.2) is 4.68 Å². The third kappa shape index (κ3) is 5.30. The number of nitrogens with two attached hydrogens (primary N) is 2. The number of nitrogens with one attached hydrogen (secondary N) is 1. The maximum atomic E-state index is 12.5. The first-order valence-corrected chi connectivity index (χ1v) is 11.5. The second kappa shape index (κ2) is 8.96. The number of primary amides is 1. The fourth-order valence-electron chi connectivity index (χ4n) is 4.13. The molecule has 5 N–H and O–H groups in total. The van der Waals surface area contributed by atoms with Crippen LogP contribution in [0.15, 0.2) is 34.9 Å². The van der Waals surface area contributed by atoms with E-state index in [-0.39, 0.29) is 29.3 Å². The van der Waals surface area contributed by atoms with Crippen LogP contribution in [-0.4, -0.2) is 26.8 Å². The first-order chi connectivity index (χ1) is 16.0. The van der Waals surface area contributed by atoms with E-state index >= 15 is 0 Å². The molecular weight excluding hydrogens is 432 g/mol. The van der Waals surface area contributed by atoms with Crippen molar-refractivity contribution >= 4 is 23.5 Å². The molecule has 1 atom stereocenters. The van der Waals surface area contributed by atoms with Crippen molar-refractivity contribution in [2.45, 2.75) is 59.4 Å². The SMILES string of the molecule is CC(C1CC1)n1nc(-c2ccc(CC(=O)Nc3cc(CC(C)(C)C)no3)cc2)c(C(N)=O)c1N. The van der Waals surface area contributed by atoms with Crippen LogP contribution in [0.4, 0.5) is 11.7 Å². The highest BCUT2D eigenvalue weighted by Crippen LogP contribution is 2.41. The Labute approximate surface area is 198 Å². The third-order valence-electron chi connectivity index (χ3n) is 6.01. The van der Waals surface area contributed by atoms with Gasteiger partial charge in [-0.3, -0.25) is 14.9 Å². The van der Waals surface area contributed by atoms with Crippen molar-refractivity contribution in [3.8, 4) is 11.3 Å². The number of hydrogen-bond acceptors (Lipinski definition) is 6. The average molecular weight is 465 g/mol. The van der Waals surface area contributed by atoms with Crippen LogP contribution in [0.3, 0.4) is 0 Å². The van der Waals surface area contributed by atoms with Gasteiger partial charge in [-0.2, -0.15) is 5.10 Å². The Balaban J connectivity index is 1.46. The van der Waals surface area contributed by atoms with Gasteiger partial charge in [0, 0.05) is 11.6 Å². The second-order valence-corrected chi connectivity index (χ2v) is 10.3. The van der Waals surface area contributed by atoms with E-state index in [4.69, 9.17) is 16.0 Å². The van der Waals surface area contributed by atoms with Crippen LogP contribution < -0.4 is 16.8 Å². The van der Waals surface area contributed by atoms with Crippen molar-refractivity contribution in [1.29, 1.82) is 0 Å². The molecule has 1 aliphatic carbocycles. The van der Waals surface area contributed by atoms with Crippen molar-refractivity contribution < 1.29 is 14.1 Å². The zero-order valence-corrected chi connectivity index (χ0v) is 20.1. The zero-order valence-electron chi connectivity index (χ0n) is 20.1. The molecule has 1 unspecified atom stereocenters. The fourth-order valence-corrected chi connectivity index (χ4v) is 4.13. The van der Waals surface area contributed by atoms with Gasteiger partial charge in [0.25, 0.3) is 5.91 Å². The number of nitrogens with zero attached hydrogens (tertiary/aromatic N) is 3. The average Bonchev–Trinajstić information content (AvgIpc) is 3.42. The van der Waals surface area contributed by atoms with E-state index in [1.807, 2.05) is 24.3 Å². The minimum atomic E-state index is -0.608. The number of rotatable bonds is 8. The van der Waals surface area contributed by atoms with E-state index < -0.39 is 5.91 Å². The molecule has 9 nitrogen and oxygen atoms in total. The lowest BCUT2D eigenvalue weighted by molar-refractivity contribution is -0.115. The third-order valence-corrected chi connectivity index (χ3v) is 6.01. The number of carbonyl (C=O) groups is 2. The van der Waals surface area contributed by atoms with E-state index in [0.29, 0.717) is 28.9 Å². The van der Waals surface area contributed by atoms with Gasteiger partial charge in [0.1, 0.15) is 17.1 Å². The summed E-state index contributed by atoms with van der Waals surface area (Å²) in [5, 5.41) is 11.4. The quantitative estimate of drug-likeness (QED) is 0.460. The molecule has 0 bridgehead atoms. The minimum absolute atomic E-state index is 0.0741. The highest BCUT2D eigenvalue weighted by molar-refractivity contribution is 6.03. The molecule has 180 valence electrons. The highest BCUT2D eigenvalue weighted by Gasteiger charge is 2.33. The van der Waals surface area contributed by atoms with Crippen LogP contribution in [0.2, 0.25) is 0 Å². The molecular formula is C25H32N6O3. The number of aromatic nitrogens is 3. The molecule has 0 spiro atoms. The van der Waals surface area contributed by atoms with Crippen LogP contribution in [-0.2, 0) is 17.6 Å². The molecule has 2 aromatic heterocycles. The predicted octanol–water partition coefficient (Wildman–Crippen LogP) is 3.96. The molecule has 9 heteroatoms. The Kier molecular flexibility index (Phi) is 6.20. The lowest BCUT2D eigenvalue weighted by Crippen LogP contribution is -2.16. The second-order valence-electron chi connectivity index (χ2n) is 10.3. The lowest BCUT2D eigenvalue weighted by Gasteiger charge is -2.14. The summed E-state index contributed by atoms with van der Waals surface area (Å²) in [7, 11) is 0. The van der Waals surface area contributed by atoms with Gasteiger partial charge in [0.15, 0.2) is 0 Å². The predicted molar refractivity (Wildman–Crippen MR) is 130 cm³/mol. The Morgan fingerprint density at radius 3 is 2.50 bits per heavy atom. The van der Waals surface area contributed by atoms with E-state index in [1.54, 1.807) is 10.7 Å². The van der Waals surface area contributed by atoms with Crippen LogP contribution in [0.1, 0.15) is 68.2 Å². The maximum absolute atomic E-state index is 12.5. The van der Waals surface area contributed by atoms with Crippen LogP contribution >= 0.6 is 0 Å². The number of amides is 2. The fraction of sp³-hybridized carbons (Fsp3) is 0.440. The molecule has 1 aromatic carbocycles. The summed E-state index contributed by atoms with van der Waals surface area (Å²) in [5.74, 6) is 0.325. The van der Waals surface area contributed by atoms with Crippen molar-refractivity contribution in [3.05, 3.63) is 47.2 Å². The molecule has 1 fully saturated rings. The van der Waals surface area contributed by atoms with E-state index in [9.17, 15) is 9.59 Å². The van der Waals surface area contributed by atoms with Gasteiger partial charge in [-0.15, -0.1) is 0 Å². The summed E-state index contributed by atoms with van der Waals surface area (Å²) in [4.78, 5) is 24.6. The Hall–Kier alpha value is -3.62. The van der Waals surface area contributed by atoms with Gasteiger partial charge in [0.05, 0.1) is 18.2 Å². The molecule has 3 aromatic rings. The van der Waals surface area contributed by atoms with E-state index in [1.165, 1.54) is 0 Å². The molecule has 0 saturated heterocycles. The molecule has 2 heterocycles. The summed E-state index contributed by atoms with van der Waals surface area (Å²) in [6.45, 7) is 8.39. The maximum Gasteiger partial charge on any atom is 0.254 e. The van der Waals surface area contributed by atoms with E-state index in [0.717, 1.165) is 30.5 Å². The summed E-state index contributed by atoms with van der Waals surface area (Å²) >= 11 is 0. The van der Waals surface area contributed by atoms with E-state index in [2.05, 4.69) is 43.3 Å². The van der Waals surface area contributed by atoms with Gasteiger partial charge < -0.3 is 16.0 Å². The normalized spacial score (nSPS) is 14.7. The summed E-state index contributed by atoms with van der Waals surface area (Å²) in [6.07, 6.45) is 3.17. The highest BCUT2D eigenvalue weighted by atomic mass is 16.5. The molecule has 1 saturated carbocycles. The summed E-state index contributed by atoms with van der Waals surface area (Å²) in [6, 6.07) is 9.14. The number of nitrogen functional groups attached to an aromatic ring is 1. The standard InChI is InChI=1S/C25H32N6O3/c1-14(16-9-10-16)31-23(26)21(24(27)33)22(29-31)17-7-5-15(6-8-17)11-19(32)28-20-12-18(30-34-20)13-25(2,3)4/h5-8,12,14,16H,9-11,13,26H2,1-4H3,(H2,27,33)(H,28,32). The Morgan fingerprint density at radius 1 is 1.24 bits per heavy atom. The molecule has 1 aliphatic rings. The molecule has 2 amide bonds. The van der Waals surface area contributed by atoms with Gasteiger partial charge in [0.2, 0.25) is 11.8 Å². The molecule has 34 heavy (non-hydrogen) atoms. The number of benzene rings is 1. The molecule has 0 radical (unpaired) electrons. The Morgan fingerprint density at radius 2 is 1.91 bits per heavy atom. The molecule has 4 rings (SSSR count). The first kappa shape index (κ1) is 23.5. The lowest BCUT2D eigenvalue weighted by atomic mass is 9.91. The zero-order chi connectivity index (χ0) is 24.6. The van der Waals surface area contributed by atoms with Gasteiger partial charge in [-0.1, -0.05) is 50.2 Å².